The van der Waals surface area contributed by atoms with Crippen LogP contribution in [0.2, 0.25) is 0 Å². The van der Waals surface area contributed by atoms with Gasteiger partial charge in [0, 0.05) is 18.9 Å². The van der Waals surface area contributed by atoms with Gasteiger partial charge in [0.15, 0.2) is 0 Å². The molecule has 1 heterocycles. The lowest BCUT2D eigenvalue weighted by Gasteiger charge is -2.39. The second-order valence-electron chi connectivity index (χ2n) is 5.14. The van der Waals surface area contributed by atoms with Gasteiger partial charge < -0.3 is 19.9 Å². The van der Waals surface area contributed by atoms with Crippen LogP contribution in [0.3, 0.4) is 0 Å². The molecule has 1 aliphatic heterocycles. The van der Waals surface area contributed by atoms with Crippen molar-refractivity contribution in [3.63, 3.8) is 0 Å². The molecule has 108 valence electrons. The minimum absolute atomic E-state index is 0.0414. The number of rotatable bonds is 5. The summed E-state index contributed by atoms with van der Waals surface area (Å²) in [5, 5.41) is 11.5. The van der Waals surface area contributed by atoms with Crippen LogP contribution >= 0.6 is 0 Å². The first-order valence-electron chi connectivity index (χ1n) is 6.89. The van der Waals surface area contributed by atoms with Crippen molar-refractivity contribution in [1.29, 1.82) is 0 Å². The maximum Gasteiger partial charge on any atom is 0.303 e. The Kier molecular flexibility index (Phi) is 5.15. The van der Waals surface area contributed by atoms with Crippen LogP contribution in [0.25, 0.3) is 0 Å². The highest BCUT2D eigenvalue weighted by atomic mass is 16.6. The van der Waals surface area contributed by atoms with E-state index in [9.17, 15) is 9.59 Å². The average molecular weight is 271 g/mol. The van der Waals surface area contributed by atoms with E-state index in [1.54, 1.807) is 0 Å². The fraction of sp³-hybridized carbons (Fsp3) is 0.846. The average Bonchev–Trinajstić information content (AvgIpc) is 2.38. The summed E-state index contributed by atoms with van der Waals surface area (Å²) in [6.07, 6.45) is 3.56. The number of carboxylic acids is 1. The third-order valence-corrected chi connectivity index (χ3v) is 3.64. The molecule has 2 N–H and O–H groups in total. The molecule has 3 atom stereocenters. The quantitative estimate of drug-likeness (QED) is 0.768. The van der Waals surface area contributed by atoms with Crippen molar-refractivity contribution in [1.82, 2.24) is 5.32 Å². The first-order valence-corrected chi connectivity index (χ1v) is 6.89. The molecule has 0 radical (unpaired) electrons. The van der Waals surface area contributed by atoms with E-state index in [2.05, 4.69) is 5.32 Å². The summed E-state index contributed by atoms with van der Waals surface area (Å²) in [4.78, 5) is 22.0. The first kappa shape index (κ1) is 14.3. The number of nitrogens with one attached hydrogen (secondary N) is 1. The topological polar surface area (TPSA) is 84.9 Å². The molecular formula is C13H21NO5. The Labute approximate surface area is 112 Å². The lowest BCUT2D eigenvalue weighted by molar-refractivity contribution is -0.158. The lowest BCUT2D eigenvalue weighted by Crippen LogP contribution is -2.49. The molecule has 0 bridgehead atoms. The van der Waals surface area contributed by atoms with E-state index in [-0.39, 0.29) is 37.0 Å². The molecule has 0 spiro atoms. The van der Waals surface area contributed by atoms with Crippen molar-refractivity contribution < 1.29 is 24.2 Å². The second kappa shape index (κ2) is 6.86. The molecule has 3 unspecified atom stereocenters. The van der Waals surface area contributed by atoms with Gasteiger partial charge in [-0.15, -0.1) is 0 Å². The van der Waals surface area contributed by atoms with Gasteiger partial charge in [-0.3, -0.25) is 9.59 Å². The standard InChI is InChI=1S/C13H21NO5/c15-12(2-1-3-13(16)17)14-9-4-5-10-11(8-9)19-7-6-18-10/h9-11H,1-8H2,(H,14,15)(H,16,17). The zero-order valence-corrected chi connectivity index (χ0v) is 11.0. The van der Waals surface area contributed by atoms with Crippen LogP contribution in [-0.2, 0) is 19.1 Å². The van der Waals surface area contributed by atoms with Crippen molar-refractivity contribution in [2.75, 3.05) is 13.2 Å². The van der Waals surface area contributed by atoms with Crippen molar-refractivity contribution in [3.05, 3.63) is 0 Å². The molecule has 1 saturated heterocycles. The fourth-order valence-corrected chi connectivity index (χ4v) is 2.70. The Morgan fingerprint density at radius 1 is 1.11 bits per heavy atom. The Bertz CT molecular complexity index is 333. The summed E-state index contributed by atoms with van der Waals surface area (Å²) in [7, 11) is 0. The molecule has 2 aliphatic rings. The van der Waals surface area contributed by atoms with Crippen LogP contribution in [0, 0.1) is 0 Å². The number of ether oxygens (including phenoxy) is 2. The zero-order chi connectivity index (χ0) is 13.7. The zero-order valence-electron chi connectivity index (χ0n) is 11.0. The summed E-state index contributed by atoms with van der Waals surface area (Å²) in [6.45, 7) is 1.29. The number of carbonyl (C=O) groups excluding carboxylic acids is 1. The monoisotopic (exact) mass is 271 g/mol. The van der Waals surface area contributed by atoms with Crippen LogP contribution in [0.4, 0.5) is 0 Å². The van der Waals surface area contributed by atoms with Crippen molar-refractivity contribution in [2.45, 2.75) is 56.8 Å². The van der Waals surface area contributed by atoms with Gasteiger partial charge in [-0.05, 0) is 25.7 Å². The molecule has 6 heteroatoms. The predicted molar refractivity (Wildman–Crippen MR) is 66.7 cm³/mol. The van der Waals surface area contributed by atoms with Crippen molar-refractivity contribution in [2.24, 2.45) is 0 Å². The normalized spacial score (nSPS) is 30.4. The van der Waals surface area contributed by atoms with E-state index in [4.69, 9.17) is 14.6 Å². The second-order valence-corrected chi connectivity index (χ2v) is 5.14. The van der Waals surface area contributed by atoms with Gasteiger partial charge in [-0.2, -0.15) is 0 Å². The number of carbonyl (C=O) groups is 2. The number of aliphatic carboxylic acids is 1. The molecule has 19 heavy (non-hydrogen) atoms. The predicted octanol–water partition coefficient (Wildman–Crippen LogP) is 0.694. The van der Waals surface area contributed by atoms with E-state index in [1.807, 2.05) is 0 Å². The minimum atomic E-state index is -0.860. The van der Waals surface area contributed by atoms with Gasteiger partial charge in [0.1, 0.15) is 0 Å². The van der Waals surface area contributed by atoms with Crippen LogP contribution in [0.5, 0.6) is 0 Å². The molecule has 2 fully saturated rings. The van der Waals surface area contributed by atoms with E-state index in [0.29, 0.717) is 19.6 Å². The molecule has 6 nitrogen and oxygen atoms in total. The SMILES string of the molecule is O=C(O)CCCC(=O)NC1CCC2OCCOC2C1. The number of fused-ring (bicyclic) bond motifs is 1. The highest BCUT2D eigenvalue weighted by Gasteiger charge is 2.34. The van der Waals surface area contributed by atoms with Crippen LogP contribution in [0.1, 0.15) is 38.5 Å². The third kappa shape index (κ3) is 4.47. The molecule has 1 amide bonds. The largest absolute Gasteiger partial charge is 0.481 e. The van der Waals surface area contributed by atoms with Gasteiger partial charge >= 0.3 is 5.97 Å². The number of carboxylic acid groups (broad SMARTS) is 1. The Balaban J connectivity index is 1.68. The van der Waals surface area contributed by atoms with Crippen molar-refractivity contribution in [3.8, 4) is 0 Å². The summed E-state index contributed by atoms with van der Waals surface area (Å²) in [5.41, 5.74) is 0. The number of amides is 1. The third-order valence-electron chi connectivity index (χ3n) is 3.64. The molecule has 2 rings (SSSR count). The van der Waals surface area contributed by atoms with Gasteiger partial charge in [0.2, 0.25) is 5.91 Å². The molecule has 1 aliphatic carbocycles. The smallest absolute Gasteiger partial charge is 0.303 e. The maximum absolute atomic E-state index is 11.7. The van der Waals surface area contributed by atoms with Crippen molar-refractivity contribution >= 4 is 11.9 Å². The van der Waals surface area contributed by atoms with Crippen LogP contribution < -0.4 is 5.32 Å². The lowest BCUT2D eigenvalue weighted by atomic mass is 9.89. The maximum atomic E-state index is 11.7. The van der Waals surface area contributed by atoms with Gasteiger partial charge in [0.25, 0.3) is 0 Å². The highest BCUT2D eigenvalue weighted by Crippen LogP contribution is 2.26. The molecule has 0 aromatic heterocycles. The summed E-state index contributed by atoms with van der Waals surface area (Å²) in [5.74, 6) is -0.928. The van der Waals surface area contributed by atoms with E-state index >= 15 is 0 Å². The molecular weight excluding hydrogens is 250 g/mol. The Morgan fingerprint density at radius 3 is 2.58 bits per heavy atom. The summed E-state index contributed by atoms with van der Waals surface area (Å²) >= 11 is 0. The number of hydrogen-bond acceptors (Lipinski definition) is 4. The summed E-state index contributed by atoms with van der Waals surface area (Å²) < 4.78 is 11.3. The molecule has 0 aromatic carbocycles. The first-order chi connectivity index (χ1) is 9.15. The fourth-order valence-electron chi connectivity index (χ4n) is 2.70. The highest BCUT2D eigenvalue weighted by molar-refractivity contribution is 5.77. The van der Waals surface area contributed by atoms with Gasteiger partial charge in [0.05, 0.1) is 25.4 Å². The van der Waals surface area contributed by atoms with E-state index in [1.165, 1.54) is 0 Å². The Hall–Kier alpha value is -1.14. The molecule has 1 saturated carbocycles. The Morgan fingerprint density at radius 2 is 1.84 bits per heavy atom. The summed E-state index contributed by atoms with van der Waals surface area (Å²) in [6, 6.07) is 0.125. The van der Waals surface area contributed by atoms with Gasteiger partial charge in [-0.1, -0.05) is 0 Å². The number of hydrogen-bond donors (Lipinski definition) is 2. The van der Waals surface area contributed by atoms with Gasteiger partial charge in [-0.25, -0.2) is 0 Å². The minimum Gasteiger partial charge on any atom is -0.481 e. The van der Waals surface area contributed by atoms with E-state index < -0.39 is 5.97 Å². The van der Waals surface area contributed by atoms with Crippen LogP contribution in [0.15, 0.2) is 0 Å². The molecule has 0 aromatic rings. The van der Waals surface area contributed by atoms with Crippen LogP contribution in [-0.4, -0.2) is 48.4 Å². The van der Waals surface area contributed by atoms with E-state index in [0.717, 1.165) is 19.3 Å².